The van der Waals surface area contributed by atoms with Crippen molar-refractivity contribution >= 4 is 17.4 Å². The molecule has 1 fully saturated rings. The zero-order valence-corrected chi connectivity index (χ0v) is 14.8. The van der Waals surface area contributed by atoms with E-state index >= 15 is 4.39 Å². The molecule has 0 aromatic heterocycles. The van der Waals surface area contributed by atoms with Crippen LogP contribution in [0.25, 0.3) is 11.4 Å². The van der Waals surface area contributed by atoms with Crippen LogP contribution in [0.4, 0.5) is 8.78 Å². The zero-order valence-electron chi connectivity index (χ0n) is 14.8. The average Bonchev–Trinajstić information content (AvgIpc) is 3.21. The summed E-state index contributed by atoms with van der Waals surface area (Å²) in [5, 5.41) is 8.93. The van der Waals surface area contributed by atoms with Crippen LogP contribution in [0.15, 0.2) is 30.3 Å². The van der Waals surface area contributed by atoms with E-state index in [0.29, 0.717) is 17.4 Å². The second-order valence-electron chi connectivity index (χ2n) is 7.44. The molecule has 0 amide bonds. The van der Waals surface area contributed by atoms with Crippen LogP contribution in [-0.4, -0.2) is 11.1 Å². The van der Waals surface area contributed by atoms with E-state index in [-0.39, 0.29) is 11.1 Å². The summed E-state index contributed by atoms with van der Waals surface area (Å²) in [6, 6.07) is 7.52. The van der Waals surface area contributed by atoms with Gasteiger partial charge in [0, 0.05) is 5.56 Å². The van der Waals surface area contributed by atoms with E-state index in [1.807, 2.05) is 6.92 Å². The lowest BCUT2D eigenvalue weighted by molar-refractivity contribution is 0.0696. The summed E-state index contributed by atoms with van der Waals surface area (Å²) in [6.07, 6.45) is 3.62. The van der Waals surface area contributed by atoms with Gasteiger partial charge in [-0.05, 0) is 91.0 Å². The number of carboxylic acid groups (broad SMARTS) is 1. The van der Waals surface area contributed by atoms with Gasteiger partial charge in [-0.2, -0.15) is 0 Å². The SMILES string of the molecule is C/C(=C(\F)c1ccc(C(=O)O)cc1F)c1cc2c(cc1C)C1CCC2C1. The van der Waals surface area contributed by atoms with E-state index in [1.54, 1.807) is 6.92 Å². The van der Waals surface area contributed by atoms with E-state index in [0.717, 1.165) is 17.2 Å². The smallest absolute Gasteiger partial charge is 0.335 e. The van der Waals surface area contributed by atoms with Gasteiger partial charge >= 0.3 is 5.97 Å². The predicted molar refractivity (Wildman–Crippen MR) is 97.5 cm³/mol. The van der Waals surface area contributed by atoms with Gasteiger partial charge in [0.2, 0.25) is 0 Å². The molecule has 2 atom stereocenters. The topological polar surface area (TPSA) is 37.3 Å². The van der Waals surface area contributed by atoms with E-state index in [1.165, 1.54) is 42.5 Å². The molecular weight excluding hydrogens is 334 g/mol. The van der Waals surface area contributed by atoms with Crippen molar-refractivity contribution in [1.29, 1.82) is 0 Å². The van der Waals surface area contributed by atoms with Crippen molar-refractivity contribution in [2.45, 2.75) is 44.9 Å². The quantitative estimate of drug-likeness (QED) is 0.681. The van der Waals surface area contributed by atoms with Crippen LogP contribution in [0.2, 0.25) is 0 Å². The number of carboxylic acids is 1. The molecule has 2 aromatic carbocycles. The molecule has 4 heteroatoms. The highest BCUT2D eigenvalue weighted by molar-refractivity contribution is 5.90. The second kappa shape index (κ2) is 6.04. The van der Waals surface area contributed by atoms with Crippen molar-refractivity contribution in [3.05, 3.63) is 69.5 Å². The van der Waals surface area contributed by atoms with Gasteiger partial charge in [-0.3, -0.25) is 0 Å². The fourth-order valence-electron chi connectivity index (χ4n) is 4.55. The summed E-state index contributed by atoms with van der Waals surface area (Å²) in [6.45, 7) is 3.62. The van der Waals surface area contributed by atoms with Gasteiger partial charge in [-0.25, -0.2) is 13.6 Å². The molecule has 26 heavy (non-hydrogen) atoms. The van der Waals surface area contributed by atoms with Gasteiger partial charge in [0.1, 0.15) is 11.6 Å². The Bertz CT molecular complexity index is 959. The fourth-order valence-corrected chi connectivity index (χ4v) is 4.55. The molecule has 0 spiro atoms. The highest BCUT2D eigenvalue weighted by Crippen LogP contribution is 2.54. The Morgan fingerprint density at radius 3 is 2.35 bits per heavy atom. The van der Waals surface area contributed by atoms with E-state index in [2.05, 4.69) is 12.1 Å². The van der Waals surface area contributed by atoms with Crippen molar-refractivity contribution in [2.24, 2.45) is 0 Å². The number of allylic oxidation sites excluding steroid dienone is 1. The summed E-state index contributed by atoms with van der Waals surface area (Å²) in [5.74, 6) is -1.54. The maximum atomic E-state index is 15.0. The lowest BCUT2D eigenvalue weighted by atomic mass is 9.86. The molecule has 2 aliphatic carbocycles. The van der Waals surface area contributed by atoms with Crippen molar-refractivity contribution < 1.29 is 18.7 Å². The number of halogens is 2. The maximum absolute atomic E-state index is 15.0. The number of hydrogen-bond donors (Lipinski definition) is 1. The normalized spacial score (nSPS) is 21.5. The molecule has 0 radical (unpaired) electrons. The van der Waals surface area contributed by atoms with Crippen LogP contribution in [0.5, 0.6) is 0 Å². The van der Waals surface area contributed by atoms with Crippen LogP contribution >= 0.6 is 0 Å². The largest absolute Gasteiger partial charge is 0.478 e. The van der Waals surface area contributed by atoms with E-state index in [4.69, 9.17) is 5.11 Å². The van der Waals surface area contributed by atoms with Gasteiger partial charge in [-0.1, -0.05) is 12.1 Å². The van der Waals surface area contributed by atoms with E-state index in [9.17, 15) is 9.18 Å². The van der Waals surface area contributed by atoms with Crippen molar-refractivity contribution in [3.8, 4) is 0 Å². The first-order valence-corrected chi connectivity index (χ1v) is 8.91. The molecule has 1 saturated carbocycles. The summed E-state index contributed by atoms with van der Waals surface area (Å²) in [5.41, 5.74) is 4.50. The molecule has 0 saturated heterocycles. The predicted octanol–water partition coefficient (Wildman–Crippen LogP) is 6.05. The highest BCUT2D eigenvalue weighted by atomic mass is 19.1. The van der Waals surface area contributed by atoms with E-state index < -0.39 is 17.6 Å². The third kappa shape index (κ3) is 2.56. The molecule has 2 aliphatic rings. The molecule has 2 nitrogen and oxygen atoms in total. The standard InChI is InChI=1S/C22H20F2O2/c1-11-7-18-13-3-4-14(8-13)19(18)10-17(11)12(2)21(24)16-6-5-15(22(25)26)9-20(16)23/h5-7,9-10,13-14H,3-4,8H2,1-2H3,(H,25,26)/b21-12+. The Kier molecular flexibility index (Phi) is 3.94. The molecule has 1 N–H and O–H groups in total. The number of benzene rings is 2. The van der Waals surface area contributed by atoms with Gasteiger partial charge < -0.3 is 5.11 Å². The number of carbonyl (C=O) groups is 1. The second-order valence-corrected chi connectivity index (χ2v) is 7.44. The minimum absolute atomic E-state index is 0.193. The minimum Gasteiger partial charge on any atom is -0.478 e. The molecule has 2 unspecified atom stereocenters. The molecular formula is C22H20F2O2. The minimum atomic E-state index is -1.24. The zero-order chi connectivity index (χ0) is 18.6. The highest BCUT2D eigenvalue weighted by Gasteiger charge is 2.37. The lowest BCUT2D eigenvalue weighted by Gasteiger charge is -2.19. The van der Waals surface area contributed by atoms with Gasteiger partial charge in [0.05, 0.1) is 5.56 Å². The van der Waals surface area contributed by atoms with Crippen LogP contribution in [0, 0.1) is 12.7 Å². The Morgan fingerprint density at radius 2 is 1.73 bits per heavy atom. The number of hydrogen-bond acceptors (Lipinski definition) is 1. The molecule has 134 valence electrons. The third-order valence-electron chi connectivity index (χ3n) is 5.93. The molecule has 2 bridgehead atoms. The molecule has 4 rings (SSSR count). The summed E-state index contributed by atoms with van der Waals surface area (Å²) in [4.78, 5) is 10.9. The first-order chi connectivity index (χ1) is 12.4. The maximum Gasteiger partial charge on any atom is 0.335 e. The van der Waals surface area contributed by atoms with Crippen LogP contribution < -0.4 is 0 Å². The molecule has 2 aromatic rings. The number of aryl methyl sites for hydroxylation is 1. The monoisotopic (exact) mass is 354 g/mol. The third-order valence-corrected chi connectivity index (χ3v) is 5.93. The number of fused-ring (bicyclic) bond motifs is 5. The first-order valence-electron chi connectivity index (χ1n) is 8.91. The van der Waals surface area contributed by atoms with Crippen molar-refractivity contribution in [2.75, 3.05) is 0 Å². The molecule has 0 heterocycles. The number of rotatable bonds is 3. The summed E-state index contributed by atoms with van der Waals surface area (Å²) in [7, 11) is 0. The Balaban J connectivity index is 1.78. The Morgan fingerprint density at radius 1 is 1.08 bits per heavy atom. The Labute approximate surface area is 151 Å². The fraction of sp³-hybridized carbons (Fsp3) is 0.318. The van der Waals surface area contributed by atoms with Crippen LogP contribution in [-0.2, 0) is 0 Å². The summed E-state index contributed by atoms with van der Waals surface area (Å²) >= 11 is 0. The number of aromatic carboxylic acids is 1. The lowest BCUT2D eigenvalue weighted by Crippen LogP contribution is -2.02. The average molecular weight is 354 g/mol. The van der Waals surface area contributed by atoms with Crippen molar-refractivity contribution in [1.82, 2.24) is 0 Å². The van der Waals surface area contributed by atoms with Gasteiger partial charge in [-0.15, -0.1) is 0 Å². The summed E-state index contributed by atoms with van der Waals surface area (Å²) < 4.78 is 29.3. The van der Waals surface area contributed by atoms with Gasteiger partial charge in [0.15, 0.2) is 0 Å². The van der Waals surface area contributed by atoms with Crippen LogP contribution in [0.1, 0.15) is 76.2 Å². The van der Waals surface area contributed by atoms with Gasteiger partial charge in [0.25, 0.3) is 0 Å². The Hall–Kier alpha value is -2.49. The molecule has 0 aliphatic heterocycles. The first kappa shape index (κ1) is 17.0. The van der Waals surface area contributed by atoms with Crippen molar-refractivity contribution in [3.63, 3.8) is 0 Å². The van der Waals surface area contributed by atoms with Crippen LogP contribution in [0.3, 0.4) is 0 Å².